The number of carboxylic acids is 1. The summed E-state index contributed by atoms with van der Waals surface area (Å²) in [5.74, 6) is -1.55. The molecule has 7 heteroatoms. The minimum Gasteiger partial charge on any atom is -0.477 e. The number of anilines is 1. The molecule has 5 rings (SSSR count). The molecular formula is C21H24FN3O3. The highest BCUT2D eigenvalue weighted by molar-refractivity contribution is 5.89. The standard InChI is InChI=1S/C21H24FN3O3/c1-11-17-13(12-3-4-12)7-14(20(27)28)19(26)25(17)8-15(22)18(11)24-9-16(23)21(10-24)5-2-6-21/h7-8,12,16H,2-6,9-10,23H2,1H3,(H,27,28). The summed E-state index contributed by atoms with van der Waals surface area (Å²) in [6.07, 6.45) is 6.39. The first kappa shape index (κ1) is 17.7. The molecule has 2 aliphatic carbocycles. The van der Waals surface area contributed by atoms with Gasteiger partial charge in [-0.3, -0.25) is 9.20 Å². The fraction of sp³-hybridized carbons (Fsp3) is 0.524. The molecule has 2 saturated carbocycles. The summed E-state index contributed by atoms with van der Waals surface area (Å²) >= 11 is 0. The Labute approximate surface area is 161 Å². The van der Waals surface area contributed by atoms with E-state index in [9.17, 15) is 14.7 Å². The molecule has 0 aromatic carbocycles. The smallest absolute Gasteiger partial charge is 0.341 e. The van der Waals surface area contributed by atoms with Crippen molar-refractivity contribution in [3.63, 3.8) is 0 Å². The molecule has 0 amide bonds. The number of pyridine rings is 2. The van der Waals surface area contributed by atoms with E-state index >= 15 is 4.39 Å². The van der Waals surface area contributed by atoms with Crippen molar-refractivity contribution in [2.45, 2.75) is 51.0 Å². The largest absolute Gasteiger partial charge is 0.477 e. The van der Waals surface area contributed by atoms with E-state index in [2.05, 4.69) is 0 Å². The summed E-state index contributed by atoms with van der Waals surface area (Å²) in [7, 11) is 0. The van der Waals surface area contributed by atoms with Crippen LogP contribution in [0, 0.1) is 18.2 Å². The molecule has 2 aromatic rings. The van der Waals surface area contributed by atoms with E-state index in [0.29, 0.717) is 23.3 Å². The third-order valence-electron chi connectivity index (χ3n) is 7.07. The lowest BCUT2D eigenvalue weighted by atomic mass is 9.66. The van der Waals surface area contributed by atoms with E-state index < -0.39 is 17.3 Å². The Morgan fingerprint density at radius 2 is 2.07 bits per heavy atom. The normalized spacial score (nSPS) is 23.4. The zero-order valence-electron chi connectivity index (χ0n) is 15.9. The van der Waals surface area contributed by atoms with Gasteiger partial charge in [0, 0.05) is 24.5 Å². The molecule has 6 nitrogen and oxygen atoms in total. The zero-order valence-corrected chi connectivity index (χ0v) is 15.9. The van der Waals surface area contributed by atoms with Gasteiger partial charge in [-0.2, -0.15) is 0 Å². The number of rotatable bonds is 3. The van der Waals surface area contributed by atoms with Gasteiger partial charge in [0.05, 0.1) is 17.4 Å². The lowest BCUT2D eigenvalue weighted by Gasteiger charge is -2.41. The van der Waals surface area contributed by atoms with E-state index in [1.165, 1.54) is 16.9 Å². The Bertz CT molecular complexity index is 1070. The first-order valence-electron chi connectivity index (χ1n) is 9.94. The van der Waals surface area contributed by atoms with Gasteiger partial charge in [0.1, 0.15) is 5.56 Å². The highest BCUT2D eigenvalue weighted by Gasteiger charge is 2.49. The molecule has 2 aromatic heterocycles. The summed E-state index contributed by atoms with van der Waals surface area (Å²) < 4.78 is 16.4. The average Bonchev–Trinajstić information content (AvgIpc) is 3.37. The number of fused-ring (bicyclic) bond motifs is 1. The first-order valence-corrected chi connectivity index (χ1v) is 9.94. The number of aromatic carboxylic acids is 1. The van der Waals surface area contributed by atoms with E-state index in [4.69, 9.17) is 5.73 Å². The van der Waals surface area contributed by atoms with Gasteiger partial charge in [0.25, 0.3) is 5.56 Å². The molecule has 0 bridgehead atoms. The van der Waals surface area contributed by atoms with Crippen LogP contribution in [0.2, 0.25) is 0 Å². The van der Waals surface area contributed by atoms with Crippen molar-refractivity contribution in [1.29, 1.82) is 0 Å². The summed E-state index contributed by atoms with van der Waals surface area (Å²) in [4.78, 5) is 26.2. The van der Waals surface area contributed by atoms with Crippen LogP contribution in [-0.4, -0.2) is 34.6 Å². The van der Waals surface area contributed by atoms with Crippen LogP contribution in [0.25, 0.3) is 5.52 Å². The van der Waals surface area contributed by atoms with Crippen LogP contribution in [0.15, 0.2) is 17.1 Å². The molecule has 3 heterocycles. The molecule has 1 unspecified atom stereocenters. The third kappa shape index (κ3) is 2.35. The number of hydrogen-bond acceptors (Lipinski definition) is 4. The van der Waals surface area contributed by atoms with Crippen molar-refractivity contribution in [2.75, 3.05) is 18.0 Å². The molecule has 1 aliphatic heterocycles. The molecule has 28 heavy (non-hydrogen) atoms. The molecule has 3 N–H and O–H groups in total. The van der Waals surface area contributed by atoms with Crippen LogP contribution >= 0.6 is 0 Å². The number of hydrogen-bond donors (Lipinski definition) is 2. The van der Waals surface area contributed by atoms with Crippen LogP contribution in [0.1, 0.15) is 59.5 Å². The SMILES string of the molecule is Cc1c(N2CC(N)C3(CCC3)C2)c(F)cn2c(=O)c(C(=O)O)cc(C3CC3)c12. The van der Waals surface area contributed by atoms with Gasteiger partial charge in [-0.05, 0) is 55.7 Å². The number of nitrogens with two attached hydrogens (primary N) is 1. The van der Waals surface area contributed by atoms with Crippen molar-refractivity contribution in [3.8, 4) is 0 Å². The Hall–Kier alpha value is -2.41. The number of carbonyl (C=O) groups is 1. The summed E-state index contributed by atoms with van der Waals surface area (Å²) in [5.41, 5.74) is 8.17. The molecule has 148 valence electrons. The molecule has 3 aliphatic rings. The molecule has 3 fully saturated rings. The van der Waals surface area contributed by atoms with Crippen molar-refractivity contribution in [3.05, 3.63) is 45.1 Å². The molecule has 0 radical (unpaired) electrons. The van der Waals surface area contributed by atoms with Crippen LogP contribution in [0.5, 0.6) is 0 Å². The van der Waals surface area contributed by atoms with Crippen LogP contribution in [0.4, 0.5) is 10.1 Å². The summed E-state index contributed by atoms with van der Waals surface area (Å²) in [6.45, 7) is 3.17. The Balaban J connectivity index is 1.72. The Kier molecular flexibility index (Phi) is 3.66. The average molecular weight is 385 g/mol. The maximum absolute atomic E-state index is 15.2. The zero-order chi connectivity index (χ0) is 19.8. The number of halogens is 1. The van der Waals surface area contributed by atoms with Gasteiger partial charge in [-0.1, -0.05) is 6.42 Å². The van der Waals surface area contributed by atoms with E-state index in [-0.39, 0.29) is 22.9 Å². The predicted molar refractivity (Wildman–Crippen MR) is 104 cm³/mol. The number of aryl methyl sites for hydroxylation is 1. The van der Waals surface area contributed by atoms with Gasteiger partial charge in [0.15, 0.2) is 5.82 Å². The lowest BCUT2D eigenvalue weighted by molar-refractivity contribution is 0.0694. The van der Waals surface area contributed by atoms with Crippen LogP contribution in [-0.2, 0) is 0 Å². The molecular weight excluding hydrogens is 361 g/mol. The number of carboxylic acid groups (broad SMARTS) is 1. The predicted octanol–water partition coefficient (Wildman–Crippen LogP) is 2.64. The fourth-order valence-electron chi connectivity index (χ4n) is 5.21. The Morgan fingerprint density at radius 3 is 2.61 bits per heavy atom. The molecule has 1 atom stereocenters. The minimum atomic E-state index is -1.28. The summed E-state index contributed by atoms with van der Waals surface area (Å²) in [5, 5.41) is 9.41. The van der Waals surface area contributed by atoms with Gasteiger partial charge in [-0.15, -0.1) is 0 Å². The first-order chi connectivity index (χ1) is 13.3. The topological polar surface area (TPSA) is 88.0 Å². The quantitative estimate of drug-likeness (QED) is 0.848. The van der Waals surface area contributed by atoms with E-state index in [1.807, 2.05) is 11.8 Å². The van der Waals surface area contributed by atoms with Crippen molar-refractivity contribution in [2.24, 2.45) is 11.1 Å². The van der Waals surface area contributed by atoms with Crippen LogP contribution < -0.4 is 16.2 Å². The Morgan fingerprint density at radius 1 is 1.36 bits per heavy atom. The fourth-order valence-corrected chi connectivity index (χ4v) is 5.21. The van der Waals surface area contributed by atoms with E-state index in [0.717, 1.165) is 44.0 Å². The number of nitrogens with zero attached hydrogens (tertiary/aromatic N) is 2. The van der Waals surface area contributed by atoms with Gasteiger partial charge in [0.2, 0.25) is 0 Å². The van der Waals surface area contributed by atoms with Gasteiger partial charge < -0.3 is 15.7 Å². The van der Waals surface area contributed by atoms with Crippen molar-refractivity contribution >= 4 is 17.2 Å². The number of aromatic nitrogens is 1. The van der Waals surface area contributed by atoms with Crippen LogP contribution in [0.3, 0.4) is 0 Å². The second-order valence-corrected chi connectivity index (χ2v) is 8.77. The highest BCUT2D eigenvalue weighted by atomic mass is 19.1. The molecule has 1 saturated heterocycles. The van der Waals surface area contributed by atoms with Crippen molar-refractivity contribution in [1.82, 2.24) is 4.40 Å². The summed E-state index contributed by atoms with van der Waals surface area (Å²) in [6, 6.07) is 1.52. The second kappa shape index (κ2) is 5.80. The highest BCUT2D eigenvalue weighted by Crippen LogP contribution is 2.49. The van der Waals surface area contributed by atoms with Gasteiger partial charge >= 0.3 is 5.97 Å². The third-order valence-corrected chi connectivity index (χ3v) is 7.07. The maximum atomic E-state index is 15.2. The van der Waals surface area contributed by atoms with Gasteiger partial charge in [-0.25, -0.2) is 9.18 Å². The molecule has 1 spiro atoms. The lowest BCUT2D eigenvalue weighted by Crippen LogP contribution is -2.45. The van der Waals surface area contributed by atoms with Crippen molar-refractivity contribution < 1.29 is 14.3 Å². The second-order valence-electron chi connectivity index (χ2n) is 8.77. The maximum Gasteiger partial charge on any atom is 0.341 e. The van der Waals surface area contributed by atoms with E-state index in [1.54, 1.807) is 0 Å². The monoisotopic (exact) mass is 385 g/mol. The minimum absolute atomic E-state index is 0.0239.